The summed E-state index contributed by atoms with van der Waals surface area (Å²) in [6.07, 6.45) is -0.199. The second kappa shape index (κ2) is 6.88. The van der Waals surface area contributed by atoms with E-state index in [1.165, 1.54) is 6.07 Å². The van der Waals surface area contributed by atoms with Crippen LogP contribution < -0.4 is 5.32 Å². The van der Waals surface area contributed by atoms with Crippen molar-refractivity contribution in [1.29, 1.82) is 0 Å². The van der Waals surface area contributed by atoms with Gasteiger partial charge >= 0.3 is 0 Å². The van der Waals surface area contributed by atoms with Crippen molar-refractivity contribution in [1.82, 2.24) is 5.32 Å². The molecule has 1 amide bonds. The van der Waals surface area contributed by atoms with Crippen molar-refractivity contribution in [2.75, 3.05) is 27.4 Å². The van der Waals surface area contributed by atoms with Crippen molar-refractivity contribution in [3.05, 3.63) is 29.8 Å². The number of hydrogen-bond donors (Lipinski definition) is 2. The Hall–Kier alpha value is -1.59. The van der Waals surface area contributed by atoms with E-state index in [4.69, 9.17) is 9.47 Å². The molecule has 0 fully saturated rings. The van der Waals surface area contributed by atoms with E-state index < -0.39 is 0 Å². The van der Waals surface area contributed by atoms with Gasteiger partial charge in [-0.3, -0.25) is 4.79 Å². The van der Waals surface area contributed by atoms with Gasteiger partial charge in [0, 0.05) is 20.8 Å². The summed E-state index contributed by atoms with van der Waals surface area (Å²) in [5.74, 6) is -0.369. The molecule has 0 heterocycles. The molecule has 5 heteroatoms. The normalized spacial score (nSPS) is 12.1. The maximum absolute atomic E-state index is 11.7. The monoisotopic (exact) mass is 239 g/mol. The molecule has 1 unspecified atom stereocenters. The lowest BCUT2D eigenvalue weighted by molar-refractivity contribution is 0.0285. The third kappa shape index (κ3) is 4.05. The number of benzene rings is 1. The van der Waals surface area contributed by atoms with Crippen molar-refractivity contribution in [3.63, 3.8) is 0 Å². The van der Waals surface area contributed by atoms with Gasteiger partial charge in [-0.05, 0) is 12.1 Å². The maximum atomic E-state index is 11.7. The zero-order chi connectivity index (χ0) is 12.7. The second-order valence-electron chi connectivity index (χ2n) is 3.54. The minimum absolute atomic E-state index is 0.0364. The van der Waals surface area contributed by atoms with Gasteiger partial charge in [-0.1, -0.05) is 12.1 Å². The van der Waals surface area contributed by atoms with Crippen LogP contribution in [0.15, 0.2) is 24.3 Å². The molecule has 2 N–H and O–H groups in total. The average Bonchev–Trinajstić information content (AvgIpc) is 2.34. The molecular weight excluding hydrogens is 222 g/mol. The number of rotatable bonds is 6. The molecule has 5 nitrogen and oxygen atoms in total. The molecule has 0 spiro atoms. The van der Waals surface area contributed by atoms with Crippen molar-refractivity contribution in [2.24, 2.45) is 0 Å². The molecule has 1 rings (SSSR count). The van der Waals surface area contributed by atoms with Gasteiger partial charge in [-0.15, -0.1) is 0 Å². The number of ether oxygens (including phenoxy) is 2. The van der Waals surface area contributed by atoms with Gasteiger partial charge in [0.2, 0.25) is 0 Å². The minimum Gasteiger partial charge on any atom is -0.507 e. The Balaban J connectivity index is 2.52. The van der Waals surface area contributed by atoms with Crippen molar-refractivity contribution in [2.45, 2.75) is 6.10 Å². The Labute approximate surface area is 100 Å². The topological polar surface area (TPSA) is 67.8 Å². The first-order valence-electron chi connectivity index (χ1n) is 5.27. The number of carbonyl (C=O) groups is 1. The number of phenolic OH excluding ortho intramolecular Hbond substituents is 1. The first-order chi connectivity index (χ1) is 8.19. The Morgan fingerprint density at radius 3 is 2.71 bits per heavy atom. The van der Waals surface area contributed by atoms with E-state index in [2.05, 4.69) is 5.32 Å². The van der Waals surface area contributed by atoms with Gasteiger partial charge in [0.05, 0.1) is 18.3 Å². The summed E-state index contributed by atoms with van der Waals surface area (Å²) in [5, 5.41) is 12.2. The molecule has 94 valence electrons. The summed E-state index contributed by atoms with van der Waals surface area (Å²) in [6, 6.07) is 6.38. The van der Waals surface area contributed by atoms with Crippen LogP contribution in [0.25, 0.3) is 0 Å². The number of nitrogens with one attached hydrogen (secondary N) is 1. The van der Waals surface area contributed by atoms with Crippen molar-refractivity contribution < 1.29 is 19.4 Å². The minimum atomic E-state index is -0.332. The molecule has 1 aromatic rings. The second-order valence-corrected chi connectivity index (χ2v) is 3.54. The molecule has 0 radical (unpaired) electrons. The number of amides is 1. The molecule has 0 bridgehead atoms. The number of hydrogen-bond acceptors (Lipinski definition) is 4. The van der Waals surface area contributed by atoms with E-state index in [0.717, 1.165) is 0 Å². The van der Waals surface area contributed by atoms with Gasteiger partial charge in [-0.2, -0.15) is 0 Å². The molecule has 1 atom stereocenters. The van der Waals surface area contributed by atoms with E-state index in [1.54, 1.807) is 32.4 Å². The molecule has 1 aromatic carbocycles. The van der Waals surface area contributed by atoms with Crippen molar-refractivity contribution in [3.8, 4) is 5.75 Å². The average molecular weight is 239 g/mol. The Kier molecular flexibility index (Phi) is 5.45. The van der Waals surface area contributed by atoms with E-state index in [9.17, 15) is 9.90 Å². The largest absolute Gasteiger partial charge is 0.507 e. The highest BCUT2D eigenvalue weighted by Crippen LogP contribution is 2.14. The number of aromatic hydroxyl groups is 1. The molecule has 0 aromatic heterocycles. The van der Waals surface area contributed by atoms with Crippen LogP contribution in [-0.2, 0) is 9.47 Å². The van der Waals surface area contributed by atoms with Crippen LogP contribution in [0.2, 0.25) is 0 Å². The SMILES string of the molecule is COCC(CNC(=O)c1ccccc1O)OC. The molecular formula is C12H17NO4. The summed E-state index contributed by atoms with van der Waals surface area (Å²) in [4.78, 5) is 11.7. The highest BCUT2D eigenvalue weighted by atomic mass is 16.5. The Morgan fingerprint density at radius 2 is 2.12 bits per heavy atom. The standard InChI is InChI=1S/C12H17NO4/c1-16-8-9(17-2)7-13-12(15)10-5-3-4-6-11(10)14/h3-6,9,14H,7-8H2,1-2H3,(H,13,15). The van der Waals surface area contributed by atoms with Gasteiger partial charge in [-0.25, -0.2) is 0 Å². The summed E-state index contributed by atoms with van der Waals surface area (Å²) in [6.45, 7) is 0.731. The zero-order valence-corrected chi connectivity index (χ0v) is 9.97. The van der Waals surface area contributed by atoms with Crippen LogP contribution in [0.3, 0.4) is 0 Å². The van der Waals surface area contributed by atoms with Crippen LogP contribution in [0.4, 0.5) is 0 Å². The van der Waals surface area contributed by atoms with Gasteiger partial charge < -0.3 is 19.9 Å². The molecule has 0 aliphatic heterocycles. The number of para-hydroxylation sites is 1. The first-order valence-corrected chi connectivity index (χ1v) is 5.27. The molecule has 0 saturated carbocycles. The number of phenols is 1. The quantitative estimate of drug-likeness (QED) is 0.770. The van der Waals surface area contributed by atoms with Crippen LogP contribution >= 0.6 is 0 Å². The lowest BCUT2D eigenvalue weighted by Gasteiger charge is -2.15. The maximum Gasteiger partial charge on any atom is 0.255 e. The molecule has 17 heavy (non-hydrogen) atoms. The van der Waals surface area contributed by atoms with Crippen molar-refractivity contribution >= 4 is 5.91 Å². The number of carbonyl (C=O) groups excluding carboxylic acids is 1. The fourth-order valence-electron chi connectivity index (χ4n) is 1.36. The van der Waals surface area contributed by atoms with Gasteiger partial charge in [0.15, 0.2) is 0 Å². The van der Waals surface area contributed by atoms with Gasteiger partial charge in [0.1, 0.15) is 5.75 Å². The molecule has 0 aliphatic carbocycles. The van der Waals surface area contributed by atoms with Crippen LogP contribution in [0.1, 0.15) is 10.4 Å². The van der Waals surface area contributed by atoms with Crippen LogP contribution in [0, 0.1) is 0 Å². The van der Waals surface area contributed by atoms with E-state index in [1.807, 2.05) is 0 Å². The highest BCUT2D eigenvalue weighted by molar-refractivity contribution is 5.96. The third-order valence-electron chi connectivity index (χ3n) is 2.32. The summed E-state index contributed by atoms with van der Waals surface area (Å²) in [5.41, 5.74) is 0.250. The summed E-state index contributed by atoms with van der Waals surface area (Å²) < 4.78 is 10.0. The predicted molar refractivity (Wildman–Crippen MR) is 63.1 cm³/mol. The van der Waals surface area contributed by atoms with E-state index >= 15 is 0 Å². The predicted octanol–water partition coefficient (Wildman–Crippen LogP) is 0.783. The summed E-state index contributed by atoms with van der Waals surface area (Å²) in [7, 11) is 3.12. The molecule has 0 aliphatic rings. The first kappa shape index (κ1) is 13.5. The Bertz CT molecular complexity index is 367. The third-order valence-corrected chi connectivity index (χ3v) is 2.32. The summed E-state index contributed by atoms with van der Waals surface area (Å²) >= 11 is 0. The van der Waals surface area contributed by atoms with E-state index in [0.29, 0.717) is 13.2 Å². The fraction of sp³-hybridized carbons (Fsp3) is 0.417. The van der Waals surface area contributed by atoms with Crippen LogP contribution in [-0.4, -0.2) is 44.5 Å². The lowest BCUT2D eigenvalue weighted by atomic mass is 10.2. The smallest absolute Gasteiger partial charge is 0.255 e. The zero-order valence-electron chi connectivity index (χ0n) is 9.97. The van der Waals surface area contributed by atoms with Gasteiger partial charge in [0.25, 0.3) is 5.91 Å². The molecule has 0 saturated heterocycles. The highest BCUT2D eigenvalue weighted by Gasteiger charge is 2.12. The number of methoxy groups -OCH3 is 2. The lowest BCUT2D eigenvalue weighted by Crippen LogP contribution is -2.35. The van der Waals surface area contributed by atoms with Crippen LogP contribution in [0.5, 0.6) is 5.75 Å². The Morgan fingerprint density at radius 1 is 1.41 bits per heavy atom. The fourth-order valence-corrected chi connectivity index (χ4v) is 1.36. The van der Waals surface area contributed by atoms with E-state index in [-0.39, 0.29) is 23.3 Å².